The Kier molecular flexibility index (Phi) is 4.46. The topological polar surface area (TPSA) is 54.5 Å². The first-order valence-corrected chi connectivity index (χ1v) is 5.90. The Morgan fingerprint density at radius 1 is 1.35 bits per heavy atom. The van der Waals surface area contributed by atoms with Crippen molar-refractivity contribution in [1.82, 2.24) is 15.4 Å². The molecule has 5 nitrogen and oxygen atoms in total. The largest absolute Gasteiger partial charge is 0.381 e. The van der Waals surface area contributed by atoms with E-state index in [4.69, 9.17) is 4.74 Å². The molecule has 1 aliphatic rings. The Hall–Kier alpha value is -1.46. The number of nitrogens with one attached hydrogen (secondary N) is 1. The molecule has 0 saturated carbocycles. The van der Waals surface area contributed by atoms with E-state index >= 15 is 0 Å². The van der Waals surface area contributed by atoms with Crippen LogP contribution in [-0.2, 0) is 4.74 Å². The van der Waals surface area contributed by atoms with Crippen LogP contribution in [0.3, 0.4) is 0 Å². The highest BCUT2D eigenvalue weighted by Gasteiger charge is 2.12. The highest BCUT2D eigenvalue weighted by Crippen LogP contribution is 2.00. The van der Waals surface area contributed by atoms with E-state index in [9.17, 15) is 4.79 Å². The summed E-state index contributed by atoms with van der Waals surface area (Å²) in [5, 5.41) is 1.96. The third kappa shape index (κ3) is 3.80. The van der Waals surface area contributed by atoms with Crippen LogP contribution in [0.25, 0.3) is 0 Å². The second-order valence-corrected chi connectivity index (χ2v) is 3.99. The van der Waals surface area contributed by atoms with Crippen LogP contribution in [0.5, 0.6) is 0 Å². The van der Waals surface area contributed by atoms with E-state index < -0.39 is 0 Å². The normalized spacial score (nSPS) is 18.1. The smallest absolute Gasteiger partial charge is 0.267 e. The monoisotopic (exact) mass is 235 g/mol. The molecule has 1 aromatic rings. The van der Waals surface area contributed by atoms with Crippen LogP contribution in [0.4, 0.5) is 0 Å². The fourth-order valence-corrected chi connectivity index (χ4v) is 1.75. The molecule has 1 fully saturated rings. The molecule has 0 bridgehead atoms. The molecule has 1 aromatic heterocycles. The minimum Gasteiger partial charge on any atom is -0.381 e. The minimum absolute atomic E-state index is 0.0976. The molecule has 1 amide bonds. The lowest BCUT2D eigenvalue weighted by molar-refractivity contribution is 0.0570. The quantitative estimate of drug-likeness (QED) is 0.825. The molecule has 5 heteroatoms. The highest BCUT2D eigenvalue weighted by atomic mass is 16.5. The van der Waals surface area contributed by atoms with Crippen LogP contribution in [-0.4, -0.2) is 42.2 Å². The van der Waals surface area contributed by atoms with Crippen molar-refractivity contribution in [3.05, 3.63) is 30.1 Å². The van der Waals surface area contributed by atoms with Gasteiger partial charge in [-0.2, -0.15) is 0 Å². The minimum atomic E-state index is -0.0976. The molecule has 17 heavy (non-hydrogen) atoms. The van der Waals surface area contributed by atoms with Gasteiger partial charge in [0.2, 0.25) is 0 Å². The van der Waals surface area contributed by atoms with Gasteiger partial charge < -0.3 is 4.74 Å². The van der Waals surface area contributed by atoms with Gasteiger partial charge >= 0.3 is 0 Å². The van der Waals surface area contributed by atoms with Crippen LogP contribution in [0.15, 0.2) is 24.5 Å². The second-order valence-electron chi connectivity index (χ2n) is 3.99. The van der Waals surface area contributed by atoms with Gasteiger partial charge in [0, 0.05) is 38.7 Å². The molecule has 0 radical (unpaired) electrons. The van der Waals surface area contributed by atoms with E-state index in [2.05, 4.69) is 10.4 Å². The number of ether oxygens (including phenoxy) is 1. The van der Waals surface area contributed by atoms with Crippen molar-refractivity contribution in [1.29, 1.82) is 0 Å². The van der Waals surface area contributed by atoms with Crippen molar-refractivity contribution in [3.8, 4) is 0 Å². The zero-order valence-corrected chi connectivity index (χ0v) is 9.76. The molecule has 0 aliphatic carbocycles. The summed E-state index contributed by atoms with van der Waals surface area (Å²) in [7, 11) is 0. The maximum Gasteiger partial charge on any atom is 0.267 e. The lowest BCUT2D eigenvalue weighted by Gasteiger charge is -2.25. The van der Waals surface area contributed by atoms with Crippen LogP contribution < -0.4 is 5.43 Å². The van der Waals surface area contributed by atoms with Crippen LogP contribution >= 0.6 is 0 Å². The number of hydrogen-bond acceptors (Lipinski definition) is 4. The van der Waals surface area contributed by atoms with Crippen molar-refractivity contribution in [3.63, 3.8) is 0 Å². The predicted octanol–water partition coefficient (Wildman–Crippen LogP) is 0.839. The van der Waals surface area contributed by atoms with E-state index in [1.807, 2.05) is 5.01 Å². The molecule has 2 heterocycles. The number of pyridine rings is 1. The van der Waals surface area contributed by atoms with E-state index in [-0.39, 0.29) is 5.91 Å². The zero-order valence-electron chi connectivity index (χ0n) is 9.76. The molecule has 0 spiro atoms. The van der Waals surface area contributed by atoms with Gasteiger partial charge in [-0.25, -0.2) is 5.01 Å². The summed E-state index contributed by atoms with van der Waals surface area (Å²) in [6.45, 7) is 3.18. The zero-order chi connectivity index (χ0) is 11.9. The molecular formula is C12H17N3O2. The van der Waals surface area contributed by atoms with Gasteiger partial charge in [-0.15, -0.1) is 0 Å². The standard InChI is InChI=1S/C12H17N3O2/c16-12(11-4-1-5-13-10-11)14-15-6-2-8-17-9-3-7-15/h1,4-5,10H,2-3,6-9H2,(H,14,16). The highest BCUT2D eigenvalue weighted by molar-refractivity contribution is 5.93. The van der Waals surface area contributed by atoms with Gasteiger partial charge in [0.1, 0.15) is 0 Å². The Bertz CT molecular complexity index is 348. The number of aromatic nitrogens is 1. The summed E-state index contributed by atoms with van der Waals surface area (Å²) < 4.78 is 5.36. The third-order valence-corrected chi connectivity index (χ3v) is 2.62. The second kappa shape index (κ2) is 6.32. The summed E-state index contributed by atoms with van der Waals surface area (Å²) >= 11 is 0. The van der Waals surface area contributed by atoms with Gasteiger partial charge in [-0.05, 0) is 25.0 Å². The fourth-order valence-electron chi connectivity index (χ4n) is 1.75. The van der Waals surface area contributed by atoms with Crippen molar-refractivity contribution in [2.24, 2.45) is 0 Å². The fraction of sp³-hybridized carbons (Fsp3) is 0.500. The summed E-state index contributed by atoms with van der Waals surface area (Å²) in [5.41, 5.74) is 3.49. The van der Waals surface area contributed by atoms with Crippen LogP contribution in [0.2, 0.25) is 0 Å². The summed E-state index contributed by atoms with van der Waals surface area (Å²) in [6.07, 6.45) is 5.10. The number of hydrazine groups is 1. The SMILES string of the molecule is O=C(NN1CCCOCCC1)c1cccnc1. The molecule has 0 aromatic carbocycles. The van der Waals surface area contributed by atoms with Crippen molar-refractivity contribution >= 4 is 5.91 Å². The van der Waals surface area contributed by atoms with Gasteiger partial charge in [0.15, 0.2) is 0 Å². The van der Waals surface area contributed by atoms with Gasteiger partial charge in [0.25, 0.3) is 5.91 Å². The van der Waals surface area contributed by atoms with Gasteiger partial charge in [-0.1, -0.05) is 0 Å². The molecular weight excluding hydrogens is 218 g/mol. The van der Waals surface area contributed by atoms with E-state index in [1.54, 1.807) is 24.5 Å². The van der Waals surface area contributed by atoms with E-state index in [1.165, 1.54) is 0 Å². The number of rotatable bonds is 2. The summed E-state index contributed by atoms with van der Waals surface area (Å²) in [6, 6.07) is 3.52. The summed E-state index contributed by atoms with van der Waals surface area (Å²) in [5.74, 6) is -0.0976. The Balaban J connectivity index is 1.88. The van der Waals surface area contributed by atoms with Gasteiger partial charge in [-0.3, -0.25) is 15.2 Å². The first-order valence-electron chi connectivity index (χ1n) is 5.90. The number of carbonyl (C=O) groups is 1. The lowest BCUT2D eigenvalue weighted by atomic mass is 10.3. The number of carbonyl (C=O) groups excluding carboxylic acids is 1. The predicted molar refractivity (Wildman–Crippen MR) is 63.3 cm³/mol. The Labute approximate surface area is 101 Å². The summed E-state index contributed by atoms with van der Waals surface area (Å²) in [4.78, 5) is 15.8. The number of amides is 1. The van der Waals surface area contributed by atoms with E-state index in [0.717, 1.165) is 39.1 Å². The average Bonchev–Trinajstić information content (AvgIpc) is 2.33. The lowest BCUT2D eigenvalue weighted by Crippen LogP contribution is -2.44. The third-order valence-electron chi connectivity index (χ3n) is 2.62. The average molecular weight is 235 g/mol. The molecule has 92 valence electrons. The van der Waals surface area contributed by atoms with Crippen molar-refractivity contribution in [2.45, 2.75) is 12.8 Å². The van der Waals surface area contributed by atoms with E-state index in [0.29, 0.717) is 5.56 Å². The van der Waals surface area contributed by atoms with Crippen molar-refractivity contribution in [2.75, 3.05) is 26.3 Å². The first-order chi connectivity index (χ1) is 8.36. The van der Waals surface area contributed by atoms with Crippen LogP contribution in [0.1, 0.15) is 23.2 Å². The molecule has 1 N–H and O–H groups in total. The number of hydrogen-bond donors (Lipinski definition) is 1. The molecule has 2 rings (SSSR count). The van der Waals surface area contributed by atoms with Crippen LogP contribution in [0, 0.1) is 0 Å². The van der Waals surface area contributed by atoms with Gasteiger partial charge in [0.05, 0.1) is 5.56 Å². The maximum atomic E-state index is 11.9. The number of nitrogens with zero attached hydrogens (tertiary/aromatic N) is 2. The first kappa shape index (κ1) is 12.0. The Morgan fingerprint density at radius 3 is 2.76 bits per heavy atom. The molecule has 1 saturated heterocycles. The molecule has 1 aliphatic heterocycles. The molecule has 0 unspecified atom stereocenters. The Morgan fingerprint density at radius 2 is 2.12 bits per heavy atom. The molecule has 0 atom stereocenters. The van der Waals surface area contributed by atoms with Crippen molar-refractivity contribution < 1.29 is 9.53 Å². The maximum absolute atomic E-state index is 11.9.